The number of aromatic nitrogens is 1. The van der Waals surface area contributed by atoms with Crippen LogP contribution in [0.15, 0.2) is 71.1 Å². The van der Waals surface area contributed by atoms with Crippen LogP contribution in [-0.2, 0) is 19.6 Å². The summed E-state index contributed by atoms with van der Waals surface area (Å²) >= 11 is 1.14. The summed E-state index contributed by atoms with van der Waals surface area (Å²) in [5.74, 6) is -1.89. The number of aliphatic hydroxyl groups excluding tert-OH is 1. The number of ketones is 1. The zero-order valence-electron chi connectivity index (χ0n) is 16.1. The number of benzene rings is 2. The molecule has 31 heavy (non-hydrogen) atoms. The summed E-state index contributed by atoms with van der Waals surface area (Å²) in [6.07, 6.45) is 2.26. The lowest BCUT2D eigenvalue weighted by molar-refractivity contribution is -0.131. The molecule has 160 valence electrons. The fourth-order valence-corrected chi connectivity index (χ4v) is 4.20. The lowest BCUT2D eigenvalue weighted by Crippen LogP contribution is -2.21. The maximum atomic E-state index is 12.3. The van der Waals surface area contributed by atoms with E-state index in [9.17, 15) is 23.1 Å². The first-order valence-electron chi connectivity index (χ1n) is 8.71. The van der Waals surface area contributed by atoms with Gasteiger partial charge in [-0.1, -0.05) is 12.1 Å². The van der Waals surface area contributed by atoms with Crippen molar-refractivity contribution >= 4 is 49.6 Å². The summed E-state index contributed by atoms with van der Waals surface area (Å²) in [7, 11) is -2.37. The number of hydrogen-bond acceptors (Lipinski definition) is 8. The van der Waals surface area contributed by atoms with Crippen LogP contribution in [-0.4, -0.2) is 37.3 Å². The molecule has 0 radical (unpaired) electrons. The molecule has 3 aromatic rings. The predicted molar refractivity (Wildman–Crippen MR) is 117 cm³/mol. The summed E-state index contributed by atoms with van der Waals surface area (Å²) in [5, 5.41) is 14.3. The van der Waals surface area contributed by atoms with E-state index in [4.69, 9.17) is 4.74 Å². The van der Waals surface area contributed by atoms with Gasteiger partial charge in [0.15, 0.2) is 5.13 Å². The van der Waals surface area contributed by atoms with Gasteiger partial charge in [-0.3, -0.25) is 14.3 Å². The molecule has 0 fully saturated rings. The van der Waals surface area contributed by atoms with Crippen molar-refractivity contribution < 1.29 is 27.9 Å². The van der Waals surface area contributed by atoms with Crippen LogP contribution in [0.4, 0.5) is 10.8 Å². The van der Waals surface area contributed by atoms with Crippen LogP contribution in [0, 0.1) is 0 Å². The van der Waals surface area contributed by atoms with Gasteiger partial charge >= 0.3 is 0 Å². The largest absolute Gasteiger partial charge is 0.507 e. The Morgan fingerprint density at radius 2 is 1.90 bits per heavy atom. The topological polar surface area (TPSA) is 135 Å². The minimum absolute atomic E-state index is 0.0393. The Morgan fingerprint density at radius 1 is 1.16 bits per heavy atom. The normalized spacial score (nSPS) is 11.6. The van der Waals surface area contributed by atoms with Gasteiger partial charge in [0.2, 0.25) is 5.78 Å². The molecule has 3 rings (SSSR count). The van der Waals surface area contributed by atoms with Crippen LogP contribution in [0.2, 0.25) is 0 Å². The monoisotopic (exact) mass is 459 g/mol. The van der Waals surface area contributed by atoms with E-state index in [1.807, 2.05) is 0 Å². The zero-order chi connectivity index (χ0) is 22.4. The Bertz CT molecular complexity index is 1220. The van der Waals surface area contributed by atoms with Gasteiger partial charge in [0.25, 0.3) is 15.9 Å². The van der Waals surface area contributed by atoms with Crippen molar-refractivity contribution in [3.8, 4) is 5.75 Å². The molecule has 0 saturated carbocycles. The molecule has 1 heterocycles. The second-order valence-electron chi connectivity index (χ2n) is 6.05. The molecule has 11 heteroatoms. The van der Waals surface area contributed by atoms with Crippen molar-refractivity contribution in [3.63, 3.8) is 0 Å². The molecular weight excluding hydrogens is 442 g/mol. The van der Waals surface area contributed by atoms with Gasteiger partial charge in [-0.2, -0.15) is 0 Å². The molecule has 1 aromatic heterocycles. The maximum Gasteiger partial charge on any atom is 0.296 e. The van der Waals surface area contributed by atoms with Gasteiger partial charge in [0.05, 0.1) is 12.0 Å². The molecule has 0 atom stereocenters. The number of anilines is 2. The first-order valence-corrected chi connectivity index (χ1v) is 11.1. The fourth-order valence-electron chi connectivity index (χ4n) is 2.41. The quantitative estimate of drug-likeness (QED) is 0.268. The number of thiazole rings is 1. The smallest absolute Gasteiger partial charge is 0.296 e. The van der Waals surface area contributed by atoms with Crippen molar-refractivity contribution in [2.24, 2.45) is 0 Å². The van der Waals surface area contributed by atoms with E-state index < -0.39 is 27.5 Å². The summed E-state index contributed by atoms with van der Waals surface area (Å²) in [6, 6.07) is 11.6. The van der Waals surface area contributed by atoms with Crippen molar-refractivity contribution in [1.82, 2.24) is 4.98 Å². The van der Waals surface area contributed by atoms with Gasteiger partial charge in [0, 0.05) is 28.9 Å². The Hall–Kier alpha value is -3.70. The second-order valence-corrected chi connectivity index (χ2v) is 8.62. The average molecular weight is 460 g/mol. The highest BCUT2D eigenvalue weighted by atomic mass is 32.2. The molecule has 1 amide bonds. The number of carbonyl (C=O) groups excluding carboxylic acids is 2. The number of nitrogens with one attached hydrogen (secondary N) is 2. The third-order valence-electron chi connectivity index (χ3n) is 3.93. The Morgan fingerprint density at radius 3 is 2.55 bits per heavy atom. The zero-order valence-corrected chi connectivity index (χ0v) is 17.7. The van der Waals surface area contributed by atoms with E-state index in [-0.39, 0.29) is 15.7 Å². The fraction of sp³-hybridized carbons (Fsp3) is 0.0500. The number of sulfonamides is 1. The third kappa shape index (κ3) is 5.68. The van der Waals surface area contributed by atoms with Gasteiger partial charge in [-0.05, 0) is 36.4 Å². The summed E-state index contributed by atoms with van der Waals surface area (Å²) in [4.78, 5) is 28.0. The molecule has 0 spiro atoms. The number of nitrogens with zero attached hydrogens (tertiary/aromatic N) is 1. The van der Waals surface area contributed by atoms with Crippen molar-refractivity contribution in [1.29, 1.82) is 0 Å². The molecule has 0 bridgehead atoms. The second kappa shape index (κ2) is 9.41. The highest BCUT2D eigenvalue weighted by molar-refractivity contribution is 7.93. The first kappa shape index (κ1) is 22.0. The van der Waals surface area contributed by atoms with Gasteiger partial charge in [-0.15, -0.1) is 11.3 Å². The number of methoxy groups -OCH3 is 1. The van der Waals surface area contributed by atoms with Gasteiger partial charge in [-0.25, -0.2) is 13.4 Å². The maximum absolute atomic E-state index is 12.3. The summed E-state index contributed by atoms with van der Waals surface area (Å²) in [6.45, 7) is 0. The molecular formula is C20H17N3O6S2. The molecule has 0 aliphatic heterocycles. The summed E-state index contributed by atoms with van der Waals surface area (Å²) in [5.41, 5.74) is 0.517. The molecule has 9 nitrogen and oxygen atoms in total. The van der Waals surface area contributed by atoms with Crippen LogP contribution in [0.1, 0.15) is 5.56 Å². The van der Waals surface area contributed by atoms with E-state index in [0.29, 0.717) is 11.3 Å². The highest BCUT2D eigenvalue weighted by Gasteiger charge is 2.17. The molecule has 0 unspecified atom stereocenters. The van der Waals surface area contributed by atoms with Crippen LogP contribution >= 0.6 is 11.3 Å². The van der Waals surface area contributed by atoms with Crippen molar-refractivity contribution in [2.45, 2.75) is 4.90 Å². The van der Waals surface area contributed by atoms with Crippen LogP contribution < -0.4 is 14.8 Å². The number of carbonyl (C=O) groups is 2. The third-order valence-corrected chi connectivity index (χ3v) is 6.11. The number of ether oxygens (including phenoxy) is 1. The Kier molecular flexibility index (Phi) is 6.68. The van der Waals surface area contributed by atoms with Crippen LogP contribution in [0.5, 0.6) is 5.75 Å². The Labute approximate surface area is 182 Å². The highest BCUT2D eigenvalue weighted by Crippen LogP contribution is 2.20. The summed E-state index contributed by atoms with van der Waals surface area (Å²) < 4.78 is 32.0. The Balaban J connectivity index is 1.66. The average Bonchev–Trinajstić information content (AvgIpc) is 3.26. The van der Waals surface area contributed by atoms with E-state index >= 15 is 0 Å². The van der Waals surface area contributed by atoms with E-state index in [0.717, 1.165) is 17.4 Å². The van der Waals surface area contributed by atoms with E-state index in [2.05, 4.69) is 15.0 Å². The minimum atomic E-state index is -3.83. The molecule has 0 aliphatic rings. The van der Waals surface area contributed by atoms with E-state index in [1.54, 1.807) is 23.6 Å². The molecule has 0 saturated heterocycles. The number of rotatable bonds is 8. The lowest BCUT2D eigenvalue weighted by atomic mass is 10.1. The number of hydrogen-bond donors (Lipinski definition) is 3. The van der Waals surface area contributed by atoms with Crippen LogP contribution in [0.3, 0.4) is 0 Å². The van der Waals surface area contributed by atoms with Gasteiger partial charge in [0.1, 0.15) is 11.5 Å². The van der Waals surface area contributed by atoms with Crippen LogP contribution in [0.25, 0.3) is 5.76 Å². The standard InChI is InChI=1S/C20H17N3O6S2/c1-29-15-4-2-3-13(11-15)17(24)12-18(25)19(26)22-14-5-7-16(8-6-14)31(27,28)23-20-21-9-10-30-20/h2-12,24H,1H3,(H,21,23)(H,22,26)/b17-12-. The minimum Gasteiger partial charge on any atom is -0.507 e. The van der Waals surface area contributed by atoms with Gasteiger partial charge < -0.3 is 15.2 Å². The number of aliphatic hydroxyl groups is 1. The first-order chi connectivity index (χ1) is 14.8. The lowest BCUT2D eigenvalue weighted by Gasteiger charge is -2.07. The van der Waals surface area contributed by atoms with Crippen molar-refractivity contribution in [2.75, 3.05) is 17.1 Å². The number of amides is 1. The van der Waals surface area contributed by atoms with E-state index in [1.165, 1.54) is 43.6 Å². The molecule has 3 N–H and O–H groups in total. The predicted octanol–water partition coefficient (Wildman–Crippen LogP) is 3.06. The SMILES string of the molecule is COc1cccc(/C(O)=C/C(=O)C(=O)Nc2ccc(S(=O)(=O)Nc3nccs3)cc2)c1. The van der Waals surface area contributed by atoms with Crippen molar-refractivity contribution in [3.05, 3.63) is 71.7 Å². The molecule has 0 aliphatic carbocycles. The molecule has 2 aromatic carbocycles.